The van der Waals surface area contributed by atoms with Crippen molar-refractivity contribution in [3.05, 3.63) is 54.1 Å². The quantitative estimate of drug-likeness (QED) is 0.652. The number of nitrogens with zero attached hydrogens (tertiary/aromatic N) is 3. The second kappa shape index (κ2) is 8.71. The SMILES string of the molecule is COCC(C)Nc1cccnc1N1CCN(C(=O)c2c[nH]c3ccc(F)cc23)CC1. The first-order valence-electron chi connectivity index (χ1n) is 10.1. The highest BCUT2D eigenvalue weighted by atomic mass is 19.1. The summed E-state index contributed by atoms with van der Waals surface area (Å²) in [4.78, 5) is 24.6. The third-order valence-electron chi connectivity index (χ3n) is 5.35. The predicted molar refractivity (Wildman–Crippen MR) is 116 cm³/mol. The first-order chi connectivity index (χ1) is 14.6. The molecule has 2 N–H and O–H groups in total. The maximum atomic E-state index is 13.6. The van der Waals surface area contributed by atoms with Crippen molar-refractivity contribution < 1.29 is 13.9 Å². The average molecular weight is 411 g/mol. The van der Waals surface area contributed by atoms with E-state index in [1.54, 1.807) is 25.6 Å². The van der Waals surface area contributed by atoms with E-state index in [1.807, 2.05) is 17.0 Å². The fraction of sp³-hybridized carbons (Fsp3) is 0.364. The highest BCUT2D eigenvalue weighted by molar-refractivity contribution is 6.06. The van der Waals surface area contributed by atoms with Crippen molar-refractivity contribution in [3.63, 3.8) is 0 Å². The molecule has 0 saturated carbocycles. The molecular formula is C22H26FN5O2. The van der Waals surface area contributed by atoms with Crippen molar-refractivity contribution in [3.8, 4) is 0 Å². The van der Waals surface area contributed by atoms with E-state index in [2.05, 4.69) is 27.1 Å². The third-order valence-corrected chi connectivity index (χ3v) is 5.35. The predicted octanol–water partition coefficient (Wildman–Crippen LogP) is 3.11. The Labute approximate surface area is 174 Å². The van der Waals surface area contributed by atoms with Crippen LogP contribution in [0, 0.1) is 5.82 Å². The fourth-order valence-corrected chi connectivity index (χ4v) is 3.88. The van der Waals surface area contributed by atoms with Gasteiger partial charge in [0.2, 0.25) is 0 Å². The average Bonchev–Trinajstić information content (AvgIpc) is 3.17. The molecule has 0 radical (unpaired) electrons. The molecule has 4 rings (SSSR count). The Balaban J connectivity index is 1.45. The lowest BCUT2D eigenvalue weighted by atomic mass is 10.1. The van der Waals surface area contributed by atoms with Gasteiger partial charge in [0.1, 0.15) is 5.82 Å². The summed E-state index contributed by atoms with van der Waals surface area (Å²) in [5.41, 5.74) is 2.22. The molecule has 0 aliphatic carbocycles. The summed E-state index contributed by atoms with van der Waals surface area (Å²) < 4.78 is 18.9. The number of halogens is 1. The molecular weight excluding hydrogens is 385 g/mol. The molecule has 3 heterocycles. The van der Waals surface area contributed by atoms with Crippen LogP contribution >= 0.6 is 0 Å². The number of anilines is 2. The van der Waals surface area contributed by atoms with Gasteiger partial charge >= 0.3 is 0 Å². The Morgan fingerprint density at radius 3 is 2.87 bits per heavy atom. The van der Waals surface area contributed by atoms with Gasteiger partial charge in [-0.3, -0.25) is 4.79 Å². The number of aromatic amines is 1. The van der Waals surface area contributed by atoms with Crippen molar-refractivity contribution in [2.24, 2.45) is 0 Å². The van der Waals surface area contributed by atoms with E-state index in [-0.39, 0.29) is 17.8 Å². The molecule has 3 aromatic rings. The molecule has 8 heteroatoms. The highest BCUT2D eigenvalue weighted by Crippen LogP contribution is 2.26. The van der Waals surface area contributed by atoms with Gasteiger partial charge in [-0.05, 0) is 37.3 Å². The molecule has 1 amide bonds. The summed E-state index contributed by atoms with van der Waals surface area (Å²) in [5, 5.41) is 4.06. The topological polar surface area (TPSA) is 73.5 Å². The second-order valence-corrected chi connectivity index (χ2v) is 7.55. The van der Waals surface area contributed by atoms with E-state index in [0.29, 0.717) is 43.7 Å². The Kier molecular flexibility index (Phi) is 5.85. The largest absolute Gasteiger partial charge is 0.383 e. The summed E-state index contributed by atoms with van der Waals surface area (Å²) in [6, 6.07) is 8.51. The number of nitrogens with one attached hydrogen (secondary N) is 2. The van der Waals surface area contributed by atoms with E-state index in [4.69, 9.17) is 4.74 Å². The molecule has 158 valence electrons. The lowest BCUT2D eigenvalue weighted by Gasteiger charge is -2.36. The first kappa shape index (κ1) is 20.2. The zero-order valence-electron chi connectivity index (χ0n) is 17.2. The number of carbonyl (C=O) groups excluding carboxylic acids is 1. The fourth-order valence-electron chi connectivity index (χ4n) is 3.88. The minimum absolute atomic E-state index is 0.0837. The molecule has 1 saturated heterocycles. The first-order valence-corrected chi connectivity index (χ1v) is 10.1. The lowest BCUT2D eigenvalue weighted by Crippen LogP contribution is -2.49. The minimum Gasteiger partial charge on any atom is -0.383 e. The number of piperazine rings is 1. The van der Waals surface area contributed by atoms with Gasteiger partial charge in [0.25, 0.3) is 5.91 Å². The zero-order chi connectivity index (χ0) is 21.1. The van der Waals surface area contributed by atoms with E-state index in [1.165, 1.54) is 12.1 Å². The van der Waals surface area contributed by atoms with Gasteiger partial charge in [-0.1, -0.05) is 0 Å². The number of fused-ring (bicyclic) bond motifs is 1. The number of methoxy groups -OCH3 is 1. The maximum Gasteiger partial charge on any atom is 0.256 e. The normalized spacial score (nSPS) is 15.4. The zero-order valence-corrected chi connectivity index (χ0v) is 17.2. The van der Waals surface area contributed by atoms with Crippen LogP contribution in [0.4, 0.5) is 15.9 Å². The van der Waals surface area contributed by atoms with Crippen LogP contribution in [-0.2, 0) is 4.74 Å². The molecule has 1 aliphatic heterocycles. The van der Waals surface area contributed by atoms with Gasteiger partial charge in [0.15, 0.2) is 5.82 Å². The van der Waals surface area contributed by atoms with E-state index in [0.717, 1.165) is 17.0 Å². The molecule has 7 nitrogen and oxygen atoms in total. The number of hydrogen-bond acceptors (Lipinski definition) is 5. The summed E-state index contributed by atoms with van der Waals surface area (Å²) in [6.07, 6.45) is 3.44. The van der Waals surface area contributed by atoms with E-state index in [9.17, 15) is 9.18 Å². The van der Waals surface area contributed by atoms with Crippen LogP contribution in [0.5, 0.6) is 0 Å². The number of benzene rings is 1. The number of rotatable bonds is 6. The maximum absolute atomic E-state index is 13.6. The summed E-state index contributed by atoms with van der Waals surface area (Å²) in [6.45, 7) is 5.15. The van der Waals surface area contributed by atoms with E-state index < -0.39 is 0 Å². The van der Waals surface area contributed by atoms with Crippen molar-refractivity contribution in [2.45, 2.75) is 13.0 Å². The molecule has 30 heavy (non-hydrogen) atoms. The Morgan fingerprint density at radius 2 is 2.10 bits per heavy atom. The Morgan fingerprint density at radius 1 is 1.30 bits per heavy atom. The van der Waals surface area contributed by atoms with Crippen molar-refractivity contribution in [1.82, 2.24) is 14.9 Å². The van der Waals surface area contributed by atoms with Crippen LogP contribution in [0.2, 0.25) is 0 Å². The van der Waals surface area contributed by atoms with Crippen molar-refractivity contribution in [2.75, 3.05) is 50.1 Å². The smallest absolute Gasteiger partial charge is 0.256 e. The third kappa shape index (κ3) is 4.09. The van der Waals surface area contributed by atoms with Gasteiger partial charge in [-0.25, -0.2) is 9.37 Å². The van der Waals surface area contributed by atoms with Gasteiger partial charge < -0.3 is 24.8 Å². The van der Waals surface area contributed by atoms with Gasteiger partial charge in [0, 0.05) is 62.6 Å². The number of H-pyrrole nitrogens is 1. The van der Waals surface area contributed by atoms with Crippen LogP contribution in [0.1, 0.15) is 17.3 Å². The molecule has 1 atom stereocenters. The lowest BCUT2D eigenvalue weighted by molar-refractivity contribution is 0.0748. The monoisotopic (exact) mass is 411 g/mol. The van der Waals surface area contributed by atoms with Crippen LogP contribution in [0.25, 0.3) is 10.9 Å². The Hall–Kier alpha value is -3.13. The molecule has 1 unspecified atom stereocenters. The molecule has 0 bridgehead atoms. The molecule has 1 aliphatic rings. The number of pyridine rings is 1. The van der Waals surface area contributed by atoms with Gasteiger partial charge in [-0.15, -0.1) is 0 Å². The summed E-state index contributed by atoms with van der Waals surface area (Å²) in [7, 11) is 1.68. The number of ether oxygens (including phenoxy) is 1. The van der Waals surface area contributed by atoms with Crippen molar-refractivity contribution >= 4 is 28.3 Å². The number of aromatic nitrogens is 2. The Bertz CT molecular complexity index is 1030. The number of hydrogen-bond donors (Lipinski definition) is 2. The van der Waals surface area contributed by atoms with E-state index >= 15 is 0 Å². The minimum atomic E-state index is -0.348. The van der Waals surface area contributed by atoms with Gasteiger partial charge in [-0.2, -0.15) is 0 Å². The van der Waals surface area contributed by atoms with Gasteiger partial charge in [0.05, 0.1) is 17.9 Å². The number of amides is 1. The van der Waals surface area contributed by atoms with Crippen LogP contribution in [0.3, 0.4) is 0 Å². The molecule has 1 aromatic carbocycles. The second-order valence-electron chi connectivity index (χ2n) is 7.55. The standard InChI is InChI=1S/C22H26FN5O2/c1-15(14-30-2)26-20-4-3-7-24-21(20)27-8-10-28(11-9-27)22(29)18-13-25-19-6-5-16(23)12-17(18)19/h3-7,12-13,15,25-26H,8-11,14H2,1-2H3. The van der Waals surface area contributed by atoms with Crippen molar-refractivity contribution in [1.29, 1.82) is 0 Å². The van der Waals surface area contributed by atoms with Crippen LogP contribution in [0.15, 0.2) is 42.7 Å². The highest BCUT2D eigenvalue weighted by Gasteiger charge is 2.26. The molecule has 0 spiro atoms. The van der Waals surface area contributed by atoms with Crippen LogP contribution in [-0.4, -0.2) is 66.7 Å². The molecule has 1 fully saturated rings. The van der Waals surface area contributed by atoms with Crippen LogP contribution < -0.4 is 10.2 Å². The summed E-state index contributed by atoms with van der Waals surface area (Å²) in [5.74, 6) is 0.445. The molecule has 2 aromatic heterocycles. The number of carbonyl (C=O) groups is 1. The summed E-state index contributed by atoms with van der Waals surface area (Å²) >= 11 is 0.